The maximum atomic E-state index is 11.2. The predicted molar refractivity (Wildman–Crippen MR) is 87.0 cm³/mol. The number of carboxylic acid groups (broad SMARTS) is 1. The van der Waals surface area contributed by atoms with Crippen LogP contribution in [0, 0.1) is 5.92 Å². The molecular weight excluding hydrogens is 276 g/mol. The SMILES string of the molecule is CN1CCCC(c2ccccc2C2CC(C(=O)O)CN2)CC1. The van der Waals surface area contributed by atoms with E-state index in [0.717, 1.165) is 6.54 Å². The number of aliphatic carboxylic acids is 1. The molecule has 4 heteroatoms. The van der Waals surface area contributed by atoms with E-state index in [0.29, 0.717) is 18.9 Å². The maximum Gasteiger partial charge on any atom is 0.307 e. The van der Waals surface area contributed by atoms with Crippen molar-refractivity contribution in [3.63, 3.8) is 0 Å². The molecule has 0 saturated carbocycles. The van der Waals surface area contributed by atoms with Gasteiger partial charge in [-0.05, 0) is 62.9 Å². The van der Waals surface area contributed by atoms with Crippen molar-refractivity contribution in [1.82, 2.24) is 10.2 Å². The molecule has 1 aromatic carbocycles. The summed E-state index contributed by atoms with van der Waals surface area (Å²) in [6.07, 6.45) is 4.38. The topological polar surface area (TPSA) is 52.6 Å². The molecule has 0 aliphatic carbocycles. The van der Waals surface area contributed by atoms with E-state index >= 15 is 0 Å². The first-order valence-corrected chi connectivity index (χ1v) is 8.38. The highest BCUT2D eigenvalue weighted by molar-refractivity contribution is 5.70. The number of nitrogens with one attached hydrogen (secondary N) is 1. The van der Waals surface area contributed by atoms with Crippen LogP contribution < -0.4 is 5.32 Å². The average molecular weight is 302 g/mol. The molecule has 2 aliphatic rings. The van der Waals surface area contributed by atoms with Gasteiger partial charge >= 0.3 is 5.97 Å². The van der Waals surface area contributed by atoms with E-state index < -0.39 is 5.97 Å². The monoisotopic (exact) mass is 302 g/mol. The second kappa shape index (κ2) is 6.80. The summed E-state index contributed by atoms with van der Waals surface area (Å²) < 4.78 is 0. The van der Waals surface area contributed by atoms with E-state index in [9.17, 15) is 9.90 Å². The van der Waals surface area contributed by atoms with Crippen molar-refractivity contribution in [1.29, 1.82) is 0 Å². The number of carboxylic acids is 1. The summed E-state index contributed by atoms with van der Waals surface area (Å²) in [5.41, 5.74) is 2.75. The summed E-state index contributed by atoms with van der Waals surface area (Å²) in [4.78, 5) is 13.6. The van der Waals surface area contributed by atoms with E-state index in [1.54, 1.807) is 0 Å². The van der Waals surface area contributed by atoms with Crippen molar-refractivity contribution in [3.05, 3.63) is 35.4 Å². The molecule has 0 spiro atoms. The minimum atomic E-state index is -0.677. The summed E-state index contributed by atoms with van der Waals surface area (Å²) in [6.45, 7) is 2.91. The molecule has 2 fully saturated rings. The fourth-order valence-corrected chi connectivity index (χ4v) is 3.91. The fraction of sp³-hybridized carbons (Fsp3) is 0.611. The van der Waals surface area contributed by atoms with Crippen LogP contribution in [0.1, 0.15) is 48.8 Å². The van der Waals surface area contributed by atoms with E-state index in [4.69, 9.17) is 0 Å². The van der Waals surface area contributed by atoms with Gasteiger partial charge in [-0.2, -0.15) is 0 Å². The van der Waals surface area contributed by atoms with Gasteiger partial charge in [-0.1, -0.05) is 24.3 Å². The number of rotatable bonds is 3. The van der Waals surface area contributed by atoms with E-state index in [1.165, 1.54) is 36.9 Å². The third-order valence-corrected chi connectivity index (χ3v) is 5.24. The van der Waals surface area contributed by atoms with Crippen LogP contribution in [0.25, 0.3) is 0 Å². The Bertz CT molecular complexity index is 532. The van der Waals surface area contributed by atoms with Crippen molar-refractivity contribution in [2.24, 2.45) is 5.92 Å². The van der Waals surface area contributed by atoms with Crippen LogP contribution in [0.15, 0.2) is 24.3 Å². The highest BCUT2D eigenvalue weighted by Crippen LogP contribution is 2.36. The van der Waals surface area contributed by atoms with Gasteiger partial charge in [-0.15, -0.1) is 0 Å². The van der Waals surface area contributed by atoms with Crippen LogP contribution in [0.5, 0.6) is 0 Å². The molecule has 0 amide bonds. The molecule has 2 heterocycles. The Hall–Kier alpha value is -1.39. The van der Waals surface area contributed by atoms with Gasteiger partial charge < -0.3 is 15.3 Å². The Morgan fingerprint density at radius 3 is 2.73 bits per heavy atom. The molecule has 3 atom stereocenters. The first-order chi connectivity index (χ1) is 10.6. The van der Waals surface area contributed by atoms with Crippen LogP contribution in [0.2, 0.25) is 0 Å². The number of hydrogen-bond donors (Lipinski definition) is 2. The smallest absolute Gasteiger partial charge is 0.307 e. The first kappa shape index (κ1) is 15.5. The molecule has 2 aliphatic heterocycles. The molecule has 4 nitrogen and oxygen atoms in total. The summed E-state index contributed by atoms with van der Waals surface area (Å²) >= 11 is 0. The highest BCUT2D eigenvalue weighted by atomic mass is 16.4. The van der Waals surface area contributed by atoms with E-state index in [-0.39, 0.29) is 12.0 Å². The number of benzene rings is 1. The van der Waals surface area contributed by atoms with Gasteiger partial charge in [-0.25, -0.2) is 0 Å². The van der Waals surface area contributed by atoms with Crippen molar-refractivity contribution in [2.75, 3.05) is 26.7 Å². The van der Waals surface area contributed by atoms with Crippen LogP contribution >= 0.6 is 0 Å². The Balaban J connectivity index is 1.79. The number of hydrogen-bond acceptors (Lipinski definition) is 3. The van der Waals surface area contributed by atoms with Gasteiger partial charge in [0, 0.05) is 12.6 Å². The second-order valence-corrected chi connectivity index (χ2v) is 6.79. The molecule has 0 radical (unpaired) electrons. The first-order valence-electron chi connectivity index (χ1n) is 8.38. The Morgan fingerprint density at radius 1 is 1.23 bits per heavy atom. The van der Waals surface area contributed by atoms with Gasteiger partial charge in [0.25, 0.3) is 0 Å². The van der Waals surface area contributed by atoms with Crippen molar-refractivity contribution in [3.8, 4) is 0 Å². The Labute approximate surface area is 132 Å². The fourth-order valence-electron chi connectivity index (χ4n) is 3.91. The standard InChI is InChI=1S/C18H26N2O2/c1-20-9-4-5-13(8-10-20)15-6-2-3-7-16(15)17-11-14(12-19-17)18(21)22/h2-3,6-7,13-14,17,19H,4-5,8-12H2,1H3,(H,21,22). The van der Waals surface area contributed by atoms with Gasteiger partial charge in [0.15, 0.2) is 0 Å². The average Bonchev–Trinajstić information content (AvgIpc) is 2.91. The Kier molecular flexibility index (Phi) is 4.79. The van der Waals surface area contributed by atoms with Crippen LogP contribution in [-0.4, -0.2) is 42.7 Å². The number of nitrogens with zero attached hydrogens (tertiary/aromatic N) is 1. The molecule has 22 heavy (non-hydrogen) atoms. The molecule has 0 bridgehead atoms. The molecular formula is C18H26N2O2. The zero-order valence-electron chi connectivity index (χ0n) is 13.3. The lowest BCUT2D eigenvalue weighted by Crippen LogP contribution is -2.19. The summed E-state index contributed by atoms with van der Waals surface area (Å²) in [5, 5.41) is 12.6. The molecule has 3 rings (SSSR count). The quantitative estimate of drug-likeness (QED) is 0.901. The lowest BCUT2D eigenvalue weighted by atomic mass is 9.85. The second-order valence-electron chi connectivity index (χ2n) is 6.79. The van der Waals surface area contributed by atoms with Crippen molar-refractivity contribution in [2.45, 2.75) is 37.6 Å². The predicted octanol–water partition coefficient (Wildman–Crippen LogP) is 2.62. The summed E-state index contributed by atoms with van der Waals surface area (Å²) in [5.74, 6) is -0.325. The molecule has 1 aromatic rings. The van der Waals surface area contributed by atoms with Crippen molar-refractivity contribution >= 4 is 5.97 Å². The lowest BCUT2D eigenvalue weighted by Gasteiger charge is -2.22. The zero-order chi connectivity index (χ0) is 15.5. The molecule has 3 unspecified atom stereocenters. The van der Waals surface area contributed by atoms with E-state index in [1.807, 2.05) is 0 Å². The zero-order valence-corrected chi connectivity index (χ0v) is 13.3. The summed E-state index contributed by atoms with van der Waals surface area (Å²) in [7, 11) is 2.20. The largest absolute Gasteiger partial charge is 0.481 e. The minimum absolute atomic E-state index is 0.193. The number of carbonyl (C=O) groups is 1. The normalized spacial score (nSPS) is 30.1. The van der Waals surface area contributed by atoms with Crippen molar-refractivity contribution < 1.29 is 9.90 Å². The maximum absolute atomic E-state index is 11.2. The van der Waals surface area contributed by atoms with Gasteiger partial charge in [0.2, 0.25) is 0 Å². The third kappa shape index (κ3) is 3.33. The van der Waals surface area contributed by atoms with Gasteiger partial charge in [0.05, 0.1) is 5.92 Å². The van der Waals surface area contributed by atoms with Crippen LogP contribution in [0.3, 0.4) is 0 Å². The lowest BCUT2D eigenvalue weighted by molar-refractivity contribution is -0.141. The van der Waals surface area contributed by atoms with Gasteiger partial charge in [0.1, 0.15) is 0 Å². The third-order valence-electron chi connectivity index (χ3n) is 5.24. The molecule has 2 saturated heterocycles. The molecule has 120 valence electrons. The molecule has 2 N–H and O–H groups in total. The highest BCUT2D eigenvalue weighted by Gasteiger charge is 2.32. The van der Waals surface area contributed by atoms with Crippen LogP contribution in [0.4, 0.5) is 0 Å². The summed E-state index contributed by atoms with van der Waals surface area (Å²) in [6, 6.07) is 8.83. The van der Waals surface area contributed by atoms with E-state index in [2.05, 4.69) is 41.5 Å². The van der Waals surface area contributed by atoms with Crippen LogP contribution in [-0.2, 0) is 4.79 Å². The van der Waals surface area contributed by atoms with Gasteiger partial charge in [-0.3, -0.25) is 4.79 Å². The minimum Gasteiger partial charge on any atom is -0.481 e. The number of likely N-dealkylation sites (tertiary alicyclic amines) is 1. The molecule has 0 aromatic heterocycles. The Morgan fingerprint density at radius 2 is 2.00 bits per heavy atom.